The van der Waals surface area contributed by atoms with Gasteiger partial charge in [-0.3, -0.25) is 4.79 Å². The van der Waals surface area contributed by atoms with E-state index in [9.17, 15) is 18.0 Å². The van der Waals surface area contributed by atoms with E-state index in [4.69, 9.17) is 17.3 Å². The lowest BCUT2D eigenvalue weighted by Crippen LogP contribution is -2.30. The number of rotatable bonds is 4. The van der Waals surface area contributed by atoms with Crippen LogP contribution < -0.4 is 11.1 Å². The second kappa shape index (κ2) is 6.68. The van der Waals surface area contributed by atoms with Crippen LogP contribution in [0, 0.1) is 0 Å². The minimum atomic E-state index is -4.49. The van der Waals surface area contributed by atoms with Gasteiger partial charge in [0.15, 0.2) is 5.69 Å². The molecule has 1 aromatic heterocycles. The van der Waals surface area contributed by atoms with Gasteiger partial charge in [-0.15, -0.1) is 0 Å². The van der Waals surface area contributed by atoms with Gasteiger partial charge in [0.1, 0.15) is 0 Å². The zero-order chi connectivity index (χ0) is 18.2. The van der Waals surface area contributed by atoms with E-state index in [0.717, 1.165) is 29.8 Å². The largest absolute Gasteiger partial charge is 0.416 e. The summed E-state index contributed by atoms with van der Waals surface area (Å²) in [6, 6.07) is 3.07. The predicted molar refractivity (Wildman–Crippen MR) is 87.0 cm³/mol. The fourth-order valence-electron chi connectivity index (χ4n) is 2.94. The number of nitrogens with one attached hydrogen (secondary N) is 1. The van der Waals surface area contributed by atoms with E-state index < -0.39 is 11.7 Å². The van der Waals surface area contributed by atoms with Gasteiger partial charge in [0, 0.05) is 24.3 Å². The van der Waals surface area contributed by atoms with Gasteiger partial charge >= 0.3 is 6.18 Å². The average molecular weight is 373 g/mol. The van der Waals surface area contributed by atoms with Crippen LogP contribution >= 0.6 is 11.6 Å². The highest BCUT2D eigenvalue weighted by atomic mass is 35.5. The summed E-state index contributed by atoms with van der Waals surface area (Å²) in [6.07, 6.45) is -2.41. The molecule has 25 heavy (non-hydrogen) atoms. The molecule has 0 bridgehead atoms. The van der Waals surface area contributed by atoms with Crippen LogP contribution in [0.15, 0.2) is 18.2 Å². The Kier molecular flexibility index (Phi) is 4.75. The average Bonchev–Trinajstić information content (AvgIpc) is 3.14. The number of alkyl halides is 3. The molecule has 1 aliphatic rings. The normalized spacial score (nSPS) is 13.8. The summed E-state index contributed by atoms with van der Waals surface area (Å²) in [5.41, 5.74) is 6.37. The highest BCUT2D eigenvalue weighted by molar-refractivity contribution is 6.32. The summed E-state index contributed by atoms with van der Waals surface area (Å²) >= 11 is 6.11. The van der Waals surface area contributed by atoms with Crippen LogP contribution in [-0.4, -0.2) is 28.8 Å². The number of nitrogens with two attached hydrogens (primary N) is 1. The number of carbonyl (C=O) groups excluding carboxylic acids is 1. The summed E-state index contributed by atoms with van der Waals surface area (Å²) in [5, 5.41) is 7.03. The Bertz CT molecular complexity index is 816. The molecule has 3 rings (SSSR count). The van der Waals surface area contributed by atoms with Crippen LogP contribution in [0.1, 0.15) is 33.7 Å². The van der Waals surface area contributed by atoms with Crippen molar-refractivity contribution < 1.29 is 18.0 Å². The fraction of sp³-hybridized carbons (Fsp3) is 0.375. The van der Waals surface area contributed by atoms with E-state index in [1.54, 1.807) is 0 Å². The smallest absolute Gasteiger partial charge is 0.349 e. The van der Waals surface area contributed by atoms with Gasteiger partial charge in [-0.1, -0.05) is 11.6 Å². The molecule has 134 valence electrons. The highest BCUT2D eigenvalue weighted by Gasteiger charge is 2.32. The molecular weight excluding hydrogens is 357 g/mol. The standard InChI is InChI=1S/C16H16ClF3N4O/c17-11-5-4-9(16(18,19)20)8-13(11)24-12-3-1-2-10(12)14(23-24)15(25)22-7-6-21/h4-5,8H,1-3,6-7,21H2,(H,22,25). The third-order valence-electron chi connectivity index (χ3n) is 4.08. The van der Waals surface area contributed by atoms with E-state index >= 15 is 0 Å². The predicted octanol–water partition coefficient (Wildman–Crippen LogP) is 2.72. The molecule has 0 saturated carbocycles. The topological polar surface area (TPSA) is 72.9 Å². The van der Waals surface area contributed by atoms with Crippen molar-refractivity contribution in [2.45, 2.75) is 25.4 Å². The molecule has 1 aliphatic carbocycles. The summed E-state index contributed by atoms with van der Waals surface area (Å²) in [6.45, 7) is 0.582. The molecule has 9 heteroatoms. The number of carbonyl (C=O) groups is 1. The van der Waals surface area contributed by atoms with Gasteiger partial charge in [0.25, 0.3) is 5.91 Å². The number of aromatic nitrogens is 2. The molecule has 1 aromatic carbocycles. The zero-order valence-corrected chi connectivity index (χ0v) is 13.9. The van der Waals surface area contributed by atoms with Crippen molar-refractivity contribution in [3.8, 4) is 5.69 Å². The first-order valence-electron chi connectivity index (χ1n) is 7.79. The molecule has 0 aliphatic heterocycles. The lowest BCUT2D eigenvalue weighted by Gasteiger charge is -2.12. The Labute approximate surface area is 146 Å². The number of halogens is 4. The lowest BCUT2D eigenvalue weighted by atomic mass is 10.1. The van der Waals surface area contributed by atoms with Crippen molar-refractivity contribution in [2.24, 2.45) is 5.73 Å². The lowest BCUT2D eigenvalue weighted by molar-refractivity contribution is -0.137. The van der Waals surface area contributed by atoms with E-state index in [-0.39, 0.29) is 28.9 Å². The maximum absolute atomic E-state index is 13.0. The Morgan fingerprint density at radius 3 is 2.80 bits per heavy atom. The van der Waals surface area contributed by atoms with E-state index in [1.165, 1.54) is 10.7 Å². The van der Waals surface area contributed by atoms with Crippen molar-refractivity contribution in [1.82, 2.24) is 15.1 Å². The molecule has 0 fully saturated rings. The van der Waals surface area contributed by atoms with Gasteiger partial charge in [0.2, 0.25) is 0 Å². The van der Waals surface area contributed by atoms with Crippen LogP contribution in [0.5, 0.6) is 0 Å². The third-order valence-corrected chi connectivity index (χ3v) is 4.40. The monoisotopic (exact) mass is 372 g/mol. The molecule has 1 heterocycles. The number of hydrogen-bond donors (Lipinski definition) is 2. The minimum Gasteiger partial charge on any atom is -0.349 e. The van der Waals surface area contributed by atoms with Crippen molar-refractivity contribution in [3.05, 3.63) is 45.7 Å². The summed E-state index contributed by atoms with van der Waals surface area (Å²) < 4.78 is 40.4. The minimum absolute atomic E-state index is 0.118. The molecule has 1 amide bonds. The summed E-state index contributed by atoms with van der Waals surface area (Å²) in [5.74, 6) is -0.384. The van der Waals surface area contributed by atoms with Gasteiger partial charge in [-0.05, 0) is 37.5 Å². The van der Waals surface area contributed by atoms with Gasteiger partial charge < -0.3 is 11.1 Å². The molecule has 0 atom stereocenters. The van der Waals surface area contributed by atoms with Gasteiger partial charge in [-0.25, -0.2) is 4.68 Å². The number of nitrogens with zero attached hydrogens (tertiary/aromatic N) is 2. The molecule has 3 N–H and O–H groups in total. The second-order valence-corrected chi connectivity index (χ2v) is 6.15. The second-order valence-electron chi connectivity index (χ2n) is 5.75. The van der Waals surface area contributed by atoms with Crippen molar-refractivity contribution in [1.29, 1.82) is 0 Å². The van der Waals surface area contributed by atoms with Crippen molar-refractivity contribution in [2.75, 3.05) is 13.1 Å². The molecule has 5 nitrogen and oxygen atoms in total. The van der Waals surface area contributed by atoms with Gasteiger partial charge in [0.05, 0.1) is 16.3 Å². The Balaban J connectivity index is 2.08. The summed E-state index contributed by atoms with van der Waals surface area (Å²) in [4.78, 5) is 12.3. The number of fused-ring (bicyclic) bond motifs is 1. The Hall–Kier alpha value is -2.06. The Morgan fingerprint density at radius 2 is 2.12 bits per heavy atom. The van der Waals surface area contributed by atoms with Crippen LogP contribution in [0.4, 0.5) is 13.2 Å². The van der Waals surface area contributed by atoms with Crippen LogP contribution in [0.3, 0.4) is 0 Å². The maximum atomic E-state index is 13.0. The first-order valence-corrected chi connectivity index (χ1v) is 8.17. The molecule has 0 radical (unpaired) electrons. The van der Waals surface area contributed by atoms with Crippen LogP contribution in [-0.2, 0) is 19.0 Å². The Morgan fingerprint density at radius 1 is 1.36 bits per heavy atom. The number of amides is 1. The van der Waals surface area contributed by atoms with E-state index in [2.05, 4.69) is 10.4 Å². The van der Waals surface area contributed by atoms with E-state index in [1.807, 2.05) is 0 Å². The van der Waals surface area contributed by atoms with Crippen molar-refractivity contribution in [3.63, 3.8) is 0 Å². The quantitative estimate of drug-likeness (QED) is 0.866. The fourth-order valence-corrected chi connectivity index (χ4v) is 3.14. The zero-order valence-electron chi connectivity index (χ0n) is 13.2. The first-order chi connectivity index (χ1) is 11.8. The molecule has 0 unspecified atom stereocenters. The van der Waals surface area contributed by atoms with E-state index in [0.29, 0.717) is 19.4 Å². The third kappa shape index (κ3) is 3.36. The van der Waals surface area contributed by atoms with Crippen LogP contribution in [0.25, 0.3) is 5.69 Å². The van der Waals surface area contributed by atoms with Crippen LogP contribution in [0.2, 0.25) is 5.02 Å². The number of benzene rings is 1. The molecule has 2 aromatic rings. The summed E-state index contributed by atoms with van der Waals surface area (Å²) in [7, 11) is 0. The maximum Gasteiger partial charge on any atom is 0.416 e. The first kappa shape index (κ1) is 17.8. The molecule has 0 saturated heterocycles. The number of hydrogen-bond acceptors (Lipinski definition) is 3. The molecular formula is C16H16ClF3N4O. The van der Waals surface area contributed by atoms with Gasteiger partial charge in [-0.2, -0.15) is 18.3 Å². The van der Waals surface area contributed by atoms with Crippen molar-refractivity contribution >= 4 is 17.5 Å². The highest BCUT2D eigenvalue weighted by Crippen LogP contribution is 2.35. The SMILES string of the molecule is NCCNC(=O)c1nn(-c2cc(C(F)(F)F)ccc2Cl)c2c1CCC2. The molecule has 0 spiro atoms.